The van der Waals surface area contributed by atoms with Crippen LogP contribution in [-0.2, 0) is 13.1 Å². The molecule has 0 aliphatic rings. The molecule has 0 unspecified atom stereocenters. The maximum absolute atomic E-state index is 9.71. The van der Waals surface area contributed by atoms with E-state index in [0.717, 1.165) is 22.6 Å². The normalized spacial score (nSPS) is 11.1. The third-order valence-corrected chi connectivity index (χ3v) is 5.43. The van der Waals surface area contributed by atoms with Gasteiger partial charge in [0.15, 0.2) is 11.3 Å². The molecule has 0 atom stereocenters. The van der Waals surface area contributed by atoms with Gasteiger partial charge in [0.2, 0.25) is 0 Å². The molecule has 0 aliphatic carbocycles. The average molecular weight is 435 g/mol. The molecular weight excluding hydrogens is 414 g/mol. The van der Waals surface area contributed by atoms with Crippen LogP contribution in [0.3, 0.4) is 0 Å². The summed E-state index contributed by atoms with van der Waals surface area (Å²) in [5.74, 6) is 0.252. The molecule has 0 fully saturated rings. The van der Waals surface area contributed by atoms with Gasteiger partial charge in [-0.2, -0.15) is 20.3 Å². The maximum Gasteiger partial charge on any atom is 0.156 e. The number of fused-ring (bicyclic) bond motifs is 1. The van der Waals surface area contributed by atoms with E-state index in [0.29, 0.717) is 40.9 Å². The van der Waals surface area contributed by atoms with Crippen molar-refractivity contribution >= 4 is 16.9 Å². The van der Waals surface area contributed by atoms with Gasteiger partial charge in [0.05, 0.1) is 34.3 Å². The number of aryl methyl sites for hydroxylation is 2. The summed E-state index contributed by atoms with van der Waals surface area (Å²) in [7, 11) is 0. The smallest absolute Gasteiger partial charge is 0.156 e. The summed E-state index contributed by atoms with van der Waals surface area (Å²) in [6.45, 7) is 5.02. The molecule has 0 bridgehead atoms. The predicted octanol–water partition coefficient (Wildman–Crippen LogP) is 3.58. The number of nitriles is 1. The van der Waals surface area contributed by atoms with Gasteiger partial charge in [0, 0.05) is 24.0 Å². The van der Waals surface area contributed by atoms with Crippen LogP contribution < -0.4 is 5.73 Å². The van der Waals surface area contributed by atoms with Crippen molar-refractivity contribution in [1.29, 1.82) is 5.26 Å². The van der Waals surface area contributed by atoms with E-state index in [-0.39, 0.29) is 5.82 Å². The quantitative estimate of drug-likeness (QED) is 0.447. The van der Waals surface area contributed by atoms with Gasteiger partial charge in [0.1, 0.15) is 12.1 Å². The first-order valence-electron chi connectivity index (χ1n) is 10.6. The molecule has 0 saturated heterocycles. The van der Waals surface area contributed by atoms with Crippen molar-refractivity contribution in [3.63, 3.8) is 0 Å². The number of hydrogen-bond acceptors (Lipinski definition) is 7. The second-order valence-electron chi connectivity index (χ2n) is 7.61. The fourth-order valence-corrected chi connectivity index (χ4v) is 3.96. The van der Waals surface area contributed by atoms with Crippen LogP contribution in [0.2, 0.25) is 0 Å². The number of hydrogen-bond donors (Lipinski definition) is 1. The van der Waals surface area contributed by atoms with Crippen LogP contribution in [0.25, 0.3) is 33.5 Å². The van der Waals surface area contributed by atoms with E-state index in [1.165, 1.54) is 0 Å². The lowest BCUT2D eigenvalue weighted by Gasteiger charge is -2.13. The molecule has 162 valence electrons. The molecule has 4 aromatic heterocycles. The molecule has 5 aromatic rings. The van der Waals surface area contributed by atoms with Crippen molar-refractivity contribution in [3.05, 3.63) is 71.7 Å². The zero-order valence-electron chi connectivity index (χ0n) is 18.3. The van der Waals surface area contributed by atoms with Gasteiger partial charge in [0.25, 0.3) is 0 Å². The monoisotopic (exact) mass is 435 g/mol. The summed E-state index contributed by atoms with van der Waals surface area (Å²) in [6.07, 6.45) is 1.74. The first kappa shape index (κ1) is 20.3. The van der Waals surface area contributed by atoms with E-state index in [2.05, 4.69) is 21.3 Å². The van der Waals surface area contributed by atoms with Crippen molar-refractivity contribution < 1.29 is 0 Å². The molecule has 5 rings (SSSR count). The lowest BCUT2D eigenvalue weighted by molar-refractivity contribution is 0.590. The highest BCUT2D eigenvalue weighted by Crippen LogP contribution is 2.38. The van der Waals surface area contributed by atoms with Gasteiger partial charge in [-0.25, -0.2) is 4.98 Å². The van der Waals surface area contributed by atoms with Crippen molar-refractivity contribution in [3.8, 4) is 28.6 Å². The highest BCUT2D eigenvalue weighted by atomic mass is 15.5. The van der Waals surface area contributed by atoms with Crippen LogP contribution >= 0.6 is 0 Å². The van der Waals surface area contributed by atoms with E-state index in [9.17, 15) is 5.26 Å². The van der Waals surface area contributed by atoms with Crippen LogP contribution in [0, 0.1) is 18.3 Å². The Balaban J connectivity index is 1.79. The fourth-order valence-electron chi connectivity index (χ4n) is 3.96. The molecule has 33 heavy (non-hydrogen) atoms. The van der Waals surface area contributed by atoms with Gasteiger partial charge in [-0.15, -0.1) is 5.10 Å². The second-order valence-corrected chi connectivity index (χ2v) is 7.61. The minimum Gasteiger partial charge on any atom is -0.382 e. The van der Waals surface area contributed by atoms with Crippen LogP contribution in [0.1, 0.15) is 23.9 Å². The van der Waals surface area contributed by atoms with Gasteiger partial charge in [-0.3, -0.25) is 9.67 Å². The number of rotatable bonds is 5. The maximum atomic E-state index is 9.71. The number of nitrogen functional groups attached to an aromatic ring is 1. The largest absolute Gasteiger partial charge is 0.382 e. The third-order valence-electron chi connectivity index (χ3n) is 5.43. The molecule has 0 radical (unpaired) electrons. The van der Waals surface area contributed by atoms with Crippen LogP contribution in [0.15, 0.2) is 54.7 Å². The molecule has 0 amide bonds. The Labute approximate surface area is 190 Å². The summed E-state index contributed by atoms with van der Waals surface area (Å²) in [4.78, 5) is 10.8. The van der Waals surface area contributed by atoms with E-state index < -0.39 is 0 Å². The lowest BCUT2D eigenvalue weighted by Crippen LogP contribution is -2.06. The molecule has 1 aromatic carbocycles. The Kier molecular flexibility index (Phi) is 5.03. The summed E-state index contributed by atoms with van der Waals surface area (Å²) >= 11 is 0. The number of aromatic nitrogens is 7. The van der Waals surface area contributed by atoms with E-state index in [1.807, 2.05) is 61.0 Å². The molecule has 2 N–H and O–H groups in total. The molecular formula is C24H21N9. The van der Waals surface area contributed by atoms with E-state index >= 15 is 0 Å². The Morgan fingerprint density at radius 2 is 1.82 bits per heavy atom. The van der Waals surface area contributed by atoms with Crippen molar-refractivity contribution in [2.75, 3.05) is 5.73 Å². The summed E-state index contributed by atoms with van der Waals surface area (Å²) < 4.78 is 1.87. The topological polar surface area (TPSA) is 124 Å². The van der Waals surface area contributed by atoms with Crippen molar-refractivity contribution in [1.82, 2.24) is 34.7 Å². The Morgan fingerprint density at radius 3 is 2.61 bits per heavy atom. The van der Waals surface area contributed by atoms with Crippen LogP contribution in [0.4, 0.5) is 5.82 Å². The number of benzene rings is 1. The molecule has 0 saturated carbocycles. The lowest BCUT2D eigenvalue weighted by atomic mass is 9.98. The minimum absolute atomic E-state index is 0.252. The molecule has 4 heterocycles. The highest BCUT2D eigenvalue weighted by Gasteiger charge is 2.24. The summed E-state index contributed by atoms with van der Waals surface area (Å²) in [5.41, 5.74) is 12.6. The van der Waals surface area contributed by atoms with E-state index in [1.54, 1.807) is 17.1 Å². The van der Waals surface area contributed by atoms with Gasteiger partial charge < -0.3 is 5.73 Å². The minimum atomic E-state index is 0.252. The Bertz CT molecular complexity index is 1520. The van der Waals surface area contributed by atoms with Crippen molar-refractivity contribution in [2.45, 2.75) is 26.9 Å². The van der Waals surface area contributed by atoms with Gasteiger partial charge in [-0.1, -0.05) is 24.3 Å². The van der Waals surface area contributed by atoms with Gasteiger partial charge in [-0.05, 0) is 38.1 Å². The Morgan fingerprint density at radius 1 is 1.00 bits per heavy atom. The second kappa shape index (κ2) is 8.16. The Hall–Kier alpha value is -4.58. The van der Waals surface area contributed by atoms with Gasteiger partial charge >= 0.3 is 0 Å². The zero-order valence-corrected chi connectivity index (χ0v) is 18.3. The SMILES string of the molecule is CCn1nccc1-c1c(-c2ccccc2C#N)nc(N)c2nn(Cc3cccc(C)n3)nc12. The summed E-state index contributed by atoms with van der Waals surface area (Å²) in [6, 6.07) is 17.3. The number of nitrogens with zero attached hydrogens (tertiary/aromatic N) is 8. The molecule has 9 heteroatoms. The van der Waals surface area contributed by atoms with E-state index in [4.69, 9.17) is 15.8 Å². The number of nitrogens with two attached hydrogens (primary N) is 1. The molecule has 0 aliphatic heterocycles. The molecule has 0 spiro atoms. The van der Waals surface area contributed by atoms with Crippen molar-refractivity contribution in [2.24, 2.45) is 0 Å². The first-order valence-corrected chi connectivity index (χ1v) is 10.6. The number of anilines is 1. The fraction of sp³-hybridized carbons (Fsp3) is 0.167. The van der Waals surface area contributed by atoms with Crippen LogP contribution in [-0.4, -0.2) is 34.7 Å². The highest BCUT2D eigenvalue weighted by molar-refractivity contribution is 6.02. The third kappa shape index (κ3) is 3.57. The molecule has 9 nitrogen and oxygen atoms in total. The number of pyridine rings is 2. The zero-order chi connectivity index (χ0) is 22.9. The van der Waals surface area contributed by atoms with Crippen LogP contribution in [0.5, 0.6) is 0 Å². The predicted molar refractivity (Wildman–Crippen MR) is 125 cm³/mol. The summed E-state index contributed by atoms with van der Waals surface area (Å²) in [5, 5.41) is 23.6. The average Bonchev–Trinajstić information content (AvgIpc) is 3.46. The standard InChI is InChI=1S/C24H21N9/c1-3-32-19(11-12-27-32)20-21(18-10-5-4-8-16(18)13-25)29-24(26)23-22(20)30-33(31-23)14-17-9-6-7-15(2)28-17/h4-12H,3,14H2,1-2H3,(H2,26,29). The first-order chi connectivity index (χ1) is 16.1.